The average Bonchev–Trinajstić information content (AvgIpc) is 2.99. The summed E-state index contributed by atoms with van der Waals surface area (Å²) in [5.74, 6) is -0.0991. The van der Waals surface area contributed by atoms with Crippen LogP contribution < -0.4 is 16.4 Å². The van der Waals surface area contributed by atoms with Gasteiger partial charge in [0.1, 0.15) is 0 Å². The molecular formula is C16H23N3O2. The van der Waals surface area contributed by atoms with Crippen molar-refractivity contribution in [1.29, 1.82) is 0 Å². The first-order valence-corrected chi connectivity index (χ1v) is 7.41. The number of para-hydroxylation sites is 1. The van der Waals surface area contributed by atoms with E-state index < -0.39 is 5.41 Å². The van der Waals surface area contributed by atoms with Gasteiger partial charge < -0.3 is 16.4 Å². The van der Waals surface area contributed by atoms with Gasteiger partial charge in [-0.25, -0.2) is 0 Å². The summed E-state index contributed by atoms with van der Waals surface area (Å²) in [5.41, 5.74) is 6.91. The third kappa shape index (κ3) is 3.42. The zero-order valence-corrected chi connectivity index (χ0v) is 12.4. The molecule has 1 aliphatic rings. The van der Waals surface area contributed by atoms with Crippen LogP contribution in [-0.2, 0) is 16.0 Å². The predicted octanol–water partition coefficient (Wildman–Crippen LogP) is 1.43. The van der Waals surface area contributed by atoms with Crippen LogP contribution in [0.5, 0.6) is 0 Å². The molecule has 4 N–H and O–H groups in total. The maximum Gasteiger partial charge on any atom is 0.231 e. The maximum atomic E-state index is 12.6. The van der Waals surface area contributed by atoms with Gasteiger partial charge in [-0.05, 0) is 24.5 Å². The second-order valence-electron chi connectivity index (χ2n) is 5.65. The van der Waals surface area contributed by atoms with Crippen molar-refractivity contribution in [2.24, 2.45) is 11.1 Å². The van der Waals surface area contributed by atoms with E-state index in [2.05, 4.69) is 10.6 Å². The van der Waals surface area contributed by atoms with Gasteiger partial charge in [0.05, 0.1) is 11.8 Å². The van der Waals surface area contributed by atoms with E-state index in [9.17, 15) is 9.59 Å². The Bertz CT molecular complexity index is 522. The molecule has 2 rings (SSSR count). The van der Waals surface area contributed by atoms with Crippen molar-refractivity contribution in [3.8, 4) is 0 Å². The van der Waals surface area contributed by atoms with Crippen LogP contribution in [0.1, 0.15) is 31.2 Å². The number of hydrogen-bond donors (Lipinski definition) is 3. The summed E-state index contributed by atoms with van der Waals surface area (Å²) in [4.78, 5) is 24.1. The molecule has 5 nitrogen and oxygen atoms in total. The molecule has 0 atom stereocenters. The third-order valence-corrected chi connectivity index (χ3v) is 4.33. The van der Waals surface area contributed by atoms with Crippen LogP contribution in [0.15, 0.2) is 24.3 Å². The molecule has 0 aromatic heterocycles. The van der Waals surface area contributed by atoms with E-state index in [1.54, 1.807) is 7.05 Å². The summed E-state index contributed by atoms with van der Waals surface area (Å²) in [7, 11) is 1.60. The van der Waals surface area contributed by atoms with Gasteiger partial charge in [0.25, 0.3) is 0 Å². The molecule has 0 radical (unpaired) electrons. The number of likely N-dealkylation sites (N-methyl/N-ethyl adjacent to an activating group) is 1. The van der Waals surface area contributed by atoms with Crippen LogP contribution in [0.2, 0.25) is 0 Å². The lowest BCUT2D eigenvalue weighted by molar-refractivity contribution is -0.125. The summed E-state index contributed by atoms with van der Waals surface area (Å²) >= 11 is 0. The Balaban J connectivity index is 2.15. The van der Waals surface area contributed by atoms with Gasteiger partial charge in [-0.15, -0.1) is 0 Å². The molecular weight excluding hydrogens is 266 g/mol. The normalized spacial score (nSPS) is 16.5. The van der Waals surface area contributed by atoms with E-state index in [0.29, 0.717) is 12.2 Å². The van der Waals surface area contributed by atoms with E-state index in [-0.39, 0.29) is 18.2 Å². The second-order valence-corrected chi connectivity index (χ2v) is 5.65. The number of hydrogen-bond acceptors (Lipinski definition) is 3. The number of benzene rings is 1. The number of amides is 2. The van der Waals surface area contributed by atoms with Crippen molar-refractivity contribution in [3.63, 3.8) is 0 Å². The lowest BCUT2D eigenvalue weighted by Crippen LogP contribution is -2.40. The van der Waals surface area contributed by atoms with E-state index >= 15 is 0 Å². The molecule has 0 unspecified atom stereocenters. The van der Waals surface area contributed by atoms with E-state index in [1.807, 2.05) is 24.3 Å². The Morgan fingerprint density at radius 2 is 1.90 bits per heavy atom. The molecule has 2 amide bonds. The zero-order chi connectivity index (χ0) is 15.3. The second kappa shape index (κ2) is 6.72. The van der Waals surface area contributed by atoms with Crippen LogP contribution in [0, 0.1) is 5.41 Å². The molecule has 1 aromatic carbocycles. The lowest BCUT2D eigenvalue weighted by atomic mass is 9.85. The molecule has 1 fully saturated rings. The molecule has 1 aliphatic carbocycles. The van der Waals surface area contributed by atoms with Crippen LogP contribution in [0.4, 0.5) is 5.69 Å². The summed E-state index contributed by atoms with van der Waals surface area (Å²) in [6.45, 7) is 0.371. The fourth-order valence-corrected chi connectivity index (χ4v) is 2.89. The summed E-state index contributed by atoms with van der Waals surface area (Å²) < 4.78 is 0. The molecule has 0 bridgehead atoms. The van der Waals surface area contributed by atoms with Gasteiger partial charge in [0.2, 0.25) is 11.8 Å². The molecule has 1 saturated carbocycles. The van der Waals surface area contributed by atoms with Crippen molar-refractivity contribution in [1.82, 2.24) is 5.32 Å². The Morgan fingerprint density at radius 1 is 1.24 bits per heavy atom. The third-order valence-electron chi connectivity index (χ3n) is 4.33. The van der Waals surface area contributed by atoms with E-state index in [4.69, 9.17) is 5.73 Å². The smallest absolute Gasteiger partial charge is 0.231 e. The number of nitrogens with one attached hydrogen (secondary N) is 2. The SMILES string of the molecule is CNC(=O)Cc1ccccc1NC(=O)C1(CN)CCCC1. The first kappa shape index (κ1) is 15.5. The highest BCUT2D eigenvalue weighted by atomic mass is 16.2. The monoisotopic (exact) mass is 289 g/mol. The predicted molar refractivity (Wildman–Crippen MR) is 82.8 cm³/mol. The fraction of sp³-hybridized carbons (Fsp3) is 0.500. The van der Waals surface area contributed by atoms with Crippen LogP contribution in [0.25, 0.3) is 0 Å². The standard InChI is InChI=1S/C16H23N3O2/c1-18-14(20)10-12-6-2-3-7-13(12)19-15(21)16(11-17)8-4-5-9-16/h2-3,6-7H,4-5,8-11,17H2,1H3,(H,18,20)(H,19,21). The topological polar surface area (TPSA) is 84.2 Å². The minimum atomic E-state index is -0.444. The fourth-order valence-electron chi connectivity index (χ4n) is 2.89. The zero-order valence-electron chi connectivity index (χ0n) is 12.4. The molecule has 0 heterocycles. The Labute approximate surface area is 125 Å². The molecule has 114 valence electrons. The first-order chi connectivity index (χ1) is 10.1. The van der Waals surface area contributed by atoms with Gasteiger partial charge in [-0.3, -0.25) is 9.59 Å². The van der Waals surface area contributed by atoms with Gasteiger partial charge in [0, 0.05) is 19.3 Å². The molecule has 0 spiro atoms. The van der Waals surface area contributed by atoms with Crippen molar-refractivity contribution < 1.29 is 9.59 Å². The lowest BCUT2D eigenvalue weighted by Gasteiger charge is -2.26. The maximum absolute atomic E-state index is 12.6. The van der Waals surface area contributed by atoms with Crippen molar-refractivity contribution in [2.75, 3.05) is 18.9 Å². The minimum absolute atomic E-state index is 0.0214. The molecule has 5 heteroatoms. The number of nitrogens with two attached hydrogens (primary N) is 1. The average molecular weight is 289 g/mol. The highest BCUT2D eigenvalue weighted by Crippen LogP contribution is 2.38. The van der Waals surface area contributed by atoms with Gasteiger partial charge in [-0.1, -0.05) is 31.0 Å². The van der Waals surface area contributed by atoms with Crippen LogP contribution >= 0.6 is 0 Å². The Kier molecular flexibility index (Phi) is 4.96. The number of anilines is 1. The van der Waals surface area contributed by atoms with Gasteiger partial charge in [0.15, 0.2) is 0 Å². The first-order valence-electron chi connectivity index (χ1n) is 7.41. The molecule has 1 aromatic rings. The highest BCUT2D eigenvalue weighted by Gasteiger charge is 2.39. The Hall–Kier alpha value is -1.88. The van der Waals surface area contributed by atoms with Crippen molar-refractivity contribution in [2.45, 2.75) is 32.1 Å². The van der Waals surface area contributed by atoms with E-state index in [1.165, 1.54) is 0 Å². The summed E-state index contributed by atoms with van der Waals surface area (Å²) in [6, 6.07) is 7.40. The molecule has 21 heavy (non-hydrogen) atoms. The van der Waals surface area contributed by atoms with Crippen LogP contribution in [-0.4, -0.2) is 25.4 Å². The number of carbonyl (C=O) groups is 2. The number of carbonyl (C=O) groups excluding carboxylic acids is 2. The van der Waals surface area contributed by atoms with Crippen molar-refractivity contribution >= 4 is 17.5 Å². The van der Waals surface area contributed by atoms with Gasteiger partial charge >= 0.3 is 0 Å². The van der Waals surface area contributed by atoms with Gasteiger partial charge in [-0.2, -0.15) is 0 Å². The molecule has 0 saturated heterocycles. The highest BCUT2D eigenvalue weighted by molar-refractivity contribution is 5.97. The van der Waals surface area contributed by atoms with Crippen LogP contribution in [0.3, 0.4) is 0 Å². The quantitative estimate of drug-likeness (QED) is 0.766. The molecule has 0 aliphatic heterocycles. The van der Waals surface area contributed by atoms with E-state index in [0.717, 1.165) is 31.2 Å². The Morgan fingerprint density at radius 3 is 2.52 bits per heavy atom. The summed E-state index contributed by atoms with van der Waals surface area (Å²) in [6.07, 6.45) is 4.03. The minimum Gasteiger partial charge on any atom is -0.359 e. The largest absolute Gasteiger partial charge is 0.359 e. The summed E-state index contributed by atoms with van der Waals surface area (Å²) in [5, 5.41) is 5.57. The van der Waals surface area contributed by atoms with Crippen molar-refractivity contribution in [3.05, 3.63) is 29.8 Å². The number of rotatable bonds is 5.